The monoisotopic (exact) mass is 385 g/mol. The highest BCUT2D eigenvalue weighted by Gasteiger charge is 2.01. The largest absolute Gasteiger partial charge is 0.362 e. The summed E-state index contributed by atoms with van der Waals surface area (Å²) in [6, 6.07) is 2.05. The van der Waals surface area contributed by atoms with Crippen molar-refractivity contribution in [3.63, 3.8) is 0 Å². The van der Waals surface area contributed by atoms with Gasteiger partial charge in [0.1, 0.15) is 23.1 Å². The Balaban J connectivity index is 0.00000254. The highest BCUT2D eigenvalue weighted by atomic mass is 33.1. The van der Waals surface area contributed by atoms with E-state index in [0.29, 0.717) is 15.8 Å². The third-order valence-electron chi connectivity index (χ3n) is 2.67. The molecule has 1 aromatic rings. The van der Waals surface area contributed by atoms with Crippen LogP contribution in [0, 0.1) is 11.3 Å². The minimum absolute atomic E-state index is 0.558. The Kier molecular flexibility index (Phi) is 14.1. The smallest absolute Gasteiger partial charge is 0.189 e. The minimum Gasteiger partial charge on any atom is -0.362 e. The van der Waals surface area contributed by atoms with Gasteiger partial charge in [-0.05, 0) is 27.0 Å². The molecule has 0 saturated carbocycles. The molecule has 0 aliphatic heterocycles. The van der Waals surface area contributed by atoms with Gasteiger partial charge in [0.05, 0.1) is 12.5 Å². The Morgan fingerprint density at radius 3 is 2.83 bits per heavy atom. The van der Waals surface area contributed by atoms with Crippen LogP contribution in [0.3, 0.4) is 0 Å². The number of allylic oxidation sites excluding steroid dienone is 1. The molecular weight excluding hydrogens is 362 g/mol. The fraction of sp³-hybridized carbons (Fsp3) is 0.429. The second-order valence-corrected chi connectivity index (χ2v) is 5.21. The van der Waals surface area contributed by atoms with Gasteiger partial charge in [-0.15, -0.1) is 23.3 Å². The Hall–Kier alpha value is -1.54. The van der Waals surface area contributed by atoms with Crippen LogP contribution in [0.1, 0.15) is 18.7 Å². The Morgan fingerprint density at radius 1 is 1.54 bits per heavy atom. The molecule has 1 rings (SSSR count). The third-order valence-corrected chi connectivity index (χ3v) is 3.49. The molecule has 132 valence electrons. The van der Waals surface area contributed by atoms with Gasteiger partial charge >= 0.3 is 0 Å². The third kappa shape index (κ3) is 9.57. The van der Waals surface area contributed by atoms with E-state index in [0.717, 1.165) is 19.6 Å². The molecule has 0 bridgehead atoms. The average molecular weight is 386 g/mol. The van der Waals surface area contributed by atoms with Crippen molar-refractivity contribution < 1.29 is 0 Å². The molecule has 0 aliphatic rings. The zero-order valence-electron chi connectivity index (χ0n) is 14.0. The van der Waals surface area contributed by atoms with Crippen LogP contribution in [0.4, 0.5) is 5.13 Å². The second-order valence-electron chi connectivity index (χ2n) is 4.18. The van der Waals surface area contributed by atoms with E-state index in [-0.39, 0.29) is 0 Å². The van der Waals surface area contributed by atoms with Crippen LogP contribution in [0.15, 0.2) is 28.1 Å². The summed E-state index contributed by atoms with van der Waals surface area (Å²) < 4.78 is 0. The van der Waals surface area contributed by atoms with Gasteiger partial charge in [-0.25, -0.2) is 15.0 Å². The van der Waals surface area contributed by atoms with Crippen molar-refractivity contribution in [1.82, 2.24) is 15.2 Å². The lowest BCUT2D eigenvalue weighted by molar-refractivity contribution is 0.450. The van der Waals surface area contributed by atoms with Gasteiger partial charge in [-0.1, -0.05) is 11.3 Å². The van der Waals surface area contributed by atoms with Crippen LogP contribution >= 0.6 is 34.7 Å². The molecule has 1 aromatic heterocycles. The predicted octanol–water partition coefficient (Wildman–Crippen LogP) is 2.65. The minimum atomic E-state index is 0.558. The Bertz CT molecular complexity index is 575. The number of nitriles is 1. The van der Waals surface area contributed by atoms with Gasteiger partial charge < -0.3 is 15.5 Å². The first-order chi connectivity index (χ1) is 11.7. The topological polar surface area (TPSA) is 88.7 Å². The zero-order valence-corrected chi connectivity index (χ0v) is 16.6. The molecule has 24 heavy (non-hydrogen) atoms. The standard InChI is InChI=1S/C14H21N7S.H2S2/c1-4-13(20-14-18-9-12(8-15)22-14)19-10-17-11-21(5-2)7-6-16-3;1-2/h4,9-11,16H,5-7H2,1-3H3,(H,18,20);1-2H/b13-4+,17-11?,19-10-;. The van der Waals surface area contributed by atoms with E-state index in [1.54, 1.807) is 6.34 Å². The van der Waals surface area contributed by atoms with Crippen LogP contribution in [-0.4, -0.2) is 49.2 Å². The first kappa shape index (κ1) is 22.5. The van der Waals surface area contributed by atoms with Crippen LogP contribution in [0.2, 0.25) is 0 Å². The number of likely N-dealkylation sites (N-methyl/N-ethyl adjacent to an activating group) is 2. The molecule has 0 aromatic carbocycles. The van der Waals surface area contributed by atoms with E-state index in [1.165, 1.54) is 23.9 Å². The quantitative estimate of drug-likeness (QED) is 0.227. The van der Waals surface area contributed by atoms with E-state index in [9.17, 15) is 0 Å². The van der Waals surface area contributed by atoms with Gasteiger partial charge in [0.15, 0.2) is 5.13 Å². The summed E-state index contributed by atoms with van der Waals surface area (Å²) in [5.41, 5.74) is 0. The van der Waals surface area contributed by atoms with Gasteiger partial charge in [-0.2, -0.15) is 5.26 Å². The van der Waals surface area contributed by atoms with Crippen molar-refractivity contribution in [3.8, 4) is 6.07 Å². The molecule has 0 fully saturated rings. The maximum atomic E-state index is 8.77. The number of rotatable bonds is 9. The van der Waals surface area contributed by atoms with Gasteiger partial charge in [0, 0.05) is 19.6 Å². The van der Waals surface area contributed by atoms with Crippen LogP contribution in [0.5, 0.6) is 0 Å². The zero-order chi connectivity index (χ0) is 18.2. The van der Waals surface area contributed by atoms with Crippen LogP contribution in [0.25, 0.3) is 0 Å². The predicted molar refractivity (Wildman–Crippen MR) is 110 cm³/mol. The van der Waals surface area contributed by atoms with Gasteiger partial charge in [-0.3, -0.25) is 0 Å². The summed E-state index contributed by atoms with van der Waals surface area (Å²) in [5, 5.41) is 15.5. The highest BCUT2D eigenvalue weighted by molar-refractivity contribution is 8.59. The van der Waals surface area contributed by atoms with Crippen molar-refractivity contribution >= 4 is 52.5 Å². The van der Waals surface area contributed by atoms with Crippen molar-refractivity contribution in [3.05, 3.63) is 23.0 Å². The van der Waals surface area contributed by atoms with E-state index < -0.39 is 0 Å². The van der Waals surface area contributed by atoms with Crippen molar-refractivity contribution in [1.29, 1.82) is 5.26 Å². The summed E-state index contributed by atoms with van der Waals surface area (Å²) in [6.45, 7) is 6.64. The van der Waals surface area contributed by atoms with Crippen molar-refractivity contribution in [2.24, 2.45) is 9.98 Å². The maximum absolute atomic E-state index is 8.77. The van der Waals surface area contributed by atoms with E-state index in [4.69, 9.17) is 5.26 Å². The van der Waals surface area contributed by atoms with Crippen LogP contribution < -0.4 is 10.6 Å². The second kappa shape index (κ2) is 15.0. The molecule has 0 unspecified atom stereocenters. The lowest BCUT2D eigenvalue weighted by Gasteiger charge is -2.15. The van der Waals surface area contributed by atoms with Crippen molar-refractivity contribution in [2.75, 3.05) is 32.0 Å². The number of nitrogens with one attached hydrogen (secondary N) is 2. The van der Waals surface area contributed by atoms with E-state index in [2.05, 4.69) is 66.8 Å². The molecule has 1 heterocycles. The summed E-state index contributed by atoms with van der Waals surface area (Å²) in [7, 11) is 1.92. The molecule has 0 amide bonds. The molecule has 10 heteroatoms. The molecular formula is C14H23N7S3. The number of anilines is 1. The number of nitrogens with zero attached hydrogens (tertiary/aromatic N) is 5. The number of thiol groups is 2. The fourth-order valence-corrected chi connectivity index (χ4v) is 2.07. The van der Waals surface area contributed by atoms with Crippen LogP contribution in [-0.2, 0) is 0 Å². The Morgan fingerprint density at radius 2 is 2.29 bits per heavy atom. The molecule has 0 spiro atoms. The number of hydrogen-bond acceptors (Lipinski definition) is 8. The van der Waals surface area contributed by atoms with E-state index >= 15 is 0 Å². The highest BCUT2D eigenvalue weighted by Crippen LogP contribution is 2.18. The summed E-state index contributed by atoms with van der Waals surface area (Å²) >= 11 is 7.73. The summed E-state index contributed by atoms with van der Waals surface area (Å²) in [4.78, 5) is 15.1. The first-order valence-corrected chi connectivity index (χ1v) is 9.58. The maximum Gasteiger partial charge on any atom is 0.189 e. The normalized spacial score (nSPS) is 11.2. The lowest BCUT2D eigenvalue weighted by Crippen LogP contribution is -2.29. The van der Waals surface area contributed by atoms with E-state index in [1.807, 2.05) is 20.0 Å². The summed E-state index contributed by atoms with van der Waals surface area (Å²) in [5.74, 6) is 0.634. The molecule has 0 aliphatic carbocycles. The lowest BCUT2D eigenvalue weighted by atomic mass is 10.5. The number of aliphatic imine (C=N–C) groups is 2. The van der Waals surface area contributed by atoms with Gasteiger partial charge in [0.25, 0.3) is 0 Å². The summed E-state index contributed by atoms with van der Waals surface area (Å²) in [6.07, 6.45) is 6.61. The fourth-order valence-electron chi connectivity index (χ4n) is 1.44. The molecule has 0 saturated heterocycles. The number of hydrogen-bond donors (Lipinski definition) is 4. The molecule has 0 atom stereocenters. The average Bonchev–Trinajstić information content (AvgIpc) is 3.09. The number of thiazole rings is 1. The molecule has 7 nitrogen and oxygen atoms in total. The number of aromatic nitrogens is 1. The molecule has 0 radical (unpaired) electrons. The SMILES string of the molecule is C/C=C(\N=C/N=CN(CC)CCNC)Nc1ncc(C#N)s1.SS. The van der Waals surface area contributed by atoms with Gasteiger partial charge in [0.2, 0.25) is 0 Å². The first-order valence-electron chi connectivity index (χ1n) is 7.17. The Labute approximate surface area is 157 Å². The van der Waals surface area contributed by atoms with Crippen molar-refractivity contribution in [2.45, 2.75) is 13.8 Å². The molecule has 2 N–H and O–H groups in total.